The quantitative estimate of drug-likeness (QED) is 0.780. The minimum Gasteiger partial charge on any atom is -0.383 e. The maximum atomic E-state index is 11.9. The Morgan fingerprint density at radius 3 is 2.76 bits per heavy atom. The standard InChI is InChI=1S/C14H23N5O2/c1-12(11-21-2)17-14(20)10-18-5-7-19(8-6-18)13-9-15-3-4-16-13/h3-4,9,12H,5-8,10-11H2,1-2H3,(H,17,20). The number of hydrogen-bond donors (Lipinski definition) is 1. The van der Waals surface area contributed by atoms with Crippen molar-refractivity contribution in [3.63, 3.8) is 0 Å². The summed E-state index contributed by atoms with van der Waals surface area (Å²) in [5.74, 6) is 0.947. The molecule has 0 bridgehead atoms. The third kappa shape index (κ3) is 4.95. The van der Waals surface area contributed by atoms with Crippen molar-refractivity contribution >= 4 is 11.7 Å². The summed E-state index contributed by atoms with van der Waals surface area (Å²) < 4.78 is 5.01. The van der Waals surface area contributed by atoms with E-state index in [-0.39, 0.29) is 11.9 Å². The third-order valence-electron chi connectivity index (χ3n) is 3.44. The number of anilines is 1. The van der Waals surface area contributed by atoms with Crippen molar-refractivity contribution in [3.8, 4) is 0 Å². The van der Waals surface area contributed by atoms with Gasteiger partial charge in [0.05, 0.1) is 19.3 Å². The molecule has 1 aromatic heterocycles. The van der Waals surface area contributed by atoms with Crippen LogP contribution in [-0.2, 0) is 9.53 Å². The van der Waals surface area contributed by atoms with E-state index >= 15 is 0 Å². The lowest BCUT2D eigenvalue weighted by molar-refractivity contribution is -0.123. The maximum Gasteiger partial charge on any atom is 0.234 e. The van der Waals surface area contributed by atoms with Crippen LogP contribution in [0.1, 0.15) is 6.92 Å². The molecule has 1 aromatic rings. The van der Waals surface area contributed by atoms with Crippen LogP contribution in [0.5, 0.6) is 0 Å². The number of nitrogens with zero attached hydrogens (tertiary/aromatic N) is 4. The molecule has 0 spiro atoms. The second-order valence-electron chi connectivity index (χ2n) is 5.25. The Hall–Kier alpha value is -1.73. The van der Waals surface area contributed by atoms with E-state index in [2.05, 4.69) is 25.1 Å². The van der Waals surface area contributed by atoms with E-state index < -0.39 is 0 Å². The highest BCUT2D eigenvalue weighted by Gasteiger charge is 2.20. The number of ether oxygens (including phenoxy) is 1. The van der Waals surface area contributed by atoms with Gasteiger partial charge in [-0.3, -0.25) is 14.7 Å². The number of hydrogen-bond acceptors (Lipinski definition) is 6. The van der Waals surface area contributed by atoms with Gasteiger partial charge in [-0.15, -0.1) is 0 Å². The first-order valence-corrected chi connectivity index (χ1v) is 7.20. The van der Waals surface area contributed by atoms with Gasteiger partial charge in [-0.05, 0) is 6.92 Å². The Bertz CT molecular complexity index is 434. The first-order valence-electron chi connectivity index (χ1n) is 7.20. The van der Waals surface area contributed by atoms with Crippen LogP contribution in [0.15, 0.2) is 18.6 Å². The molecule has 1 fully saturated rings. The molecular formula is C14H23N5O2. The fourth-order valence-corrected chi connectivity index (χ4v) is 2.40. The Morgan fingerprint density at radius 2 is 2.14 bits per heavy atom. The molecule has 1 atom stereocenters. The van der Waals surface area contributed by atoms with Crippen molar-refractivity contribution in [2.75, 3.05) is 51.3 Å². The van der Waals surface area contributed by atoms with E-state index in [0.29, 0.717) is 13.2 Å². The molecule has 0 saturated carbocycles. The second kappa shape index (κ2) is 7.90. The van der Waals surface area contributed by atoms with Gasteiger partial charge in [0.1, 0.15) is 5.82 Å². The molecule has 21 heavy (non-hydrogen) atoms. The number of aromatic nitrogens is 2. The summed E-state index contributed by atoms with van der Waals surface area (Å²) >= 11 is 0. The van der Waals surface area contributed by atoms with Crippen LogP contribution >= 0.6 is 0 Å². The molecule has 2 heterocycles. The molecular weight excluding hydrogens is 270 g/mol. The number of nitrogens with one attached hydrogen (secondary N) is 1. The Balaban J connectivity index is 1.73. The first kappa shape index (κ1) is 15.7. The van der Waals surface area contributed by atoms with Gasteiger partial charge in [0.15, 0.2) is 0 Å². The molecule has 1 aliphatic heterocycles. The van der Waals surface area contributed by atoms with Crippen LogP contribution in [-0.4, -0.2) is 73.3 Å². The van der Waals surface area contributed by atoms with E-state index in [1.807, 2.05) is 6.92 Å². The Labute approximate surface area is 125 Å². The molecule has 1 aliphatic rings. The number of carbonyl (C=O) groups is 1. The van der Waals surface area contributed by atoms with Crippen LogP contribution in [0.25, 0.3) is 0 Å². The topological polar surface area (TPSA) is 70.6 Å². The van der Waals surface area contributed by atoms with Crippen LogP contribution in [0.2, 0.25) is 0 Å². The number of rotatable bonds is 6. The average Bonchev–Trinajstić information content (AvgIpc) is 2.49. The summed E-state index contributed by atoms with van der Waals surface area (Å²) in [5.41, 5.74) is 0. The molecule has 0 aromatic carbocycles. The number of amides is 1. The Kier molecular flexibility index (Phi) is 5.89. The molecule has 1 amide bonds. The normalized spacial score (nSPS) is 17.5. The van der Waals surface area contributed by atoms with Gasteiger partial charge >= 0.3 is 0 Å². The van der Waals surface area contributed by atoms with Crippen molar-refractivity contribution in [2.45, 2.75) is 13.0 Å². The maximum absolute atomic E-state index is 11.9. The minimum atomic E-state index is 0.0448. The number of methoxy groups -OCH3 is 1. The molecule has 1 saturated heterocycles. The van der Waals surface area contributed by atoms with Crippen molar-refractivity contribution in [1.82, 2.24) is 20.2 Å². The zero-order chi connectivity index (χ0) is 15.1. The van der Waals surface area contributed by atoms with Gasteiger partial charge in [0, 0.05) is 51.7 Å². The largest absolute Gasteiger partial charge is 0.383 e. The lowest BCUT2D eigenvalue weighted by atomic mass is 10.3. The molecule has 2 rings (SSSR count). The van der Waals surface area contributed by atoms with Crippen LogP contribution < -0.4 is 10.2 Å². The summed E-state index contributed by atoms with van der Waals surface area (Å²) in [7, 11) is 1.63. The Morgan fingerprint density at radius 1 is 1.38 bits per heavy atom. The summed E-state index contributed by atoms with van der Waals surface area (Å²) in [6.07, 6.45) is 5.15. The van der Waals surface area contributed by atoms with Crippen molar-refractivity contribution in [3.05, 3.63) is 18.6 Å². The van der Waals surface area contributed by atoms with Gasteiger partial charge in [-0.25, -0.2) is 4.98 Å². The molecule has 116 valence electrons. The SMILES string of the molecule is COCC(C)NC(=O)CN1CCN(c2cnccn2)CC1. The van der Waals surface area contributed by atoms with Gasteiger partial charge in [0.2, 0.25) is 5.91 Å². The second-order valence-corrected chi connectivity index (χ2v) is 5.25. The zero-order valence-corrected chi connectivity index (χ0v) is 12.7. The van der Waals surface area contributed by atoms with Crippen molar-refractivity contribution in [2.24, 2.45) is 0 Å². The fourth-order valence-electron chi connectivity index (χ4n) is 2.40. The summed E-state index contributed by atoms with van der Waals surface area (Å²) in [6.45, 7) is 6.33. The lowest BCUT2D eigenvalue weighted by Crippen LogP contribution is -2.50. The molecule has 7 heteroatoms. The molecule has 0 aliphatic carbocycles. The predicted molar refractivity (Wildman–Crippen MR) is 80.2 cm³/mol. The third-order valence-corrected chi connectivity index (χ3v) is 3.44. The van der Waals surface area contributed by atoms with Gasteiger partial charge < -0.3 is 15.0 Å². The summed E-state index contributed by atoms with van der Waals surface area (Å²) in [6, 6.07) is 0.0448. The highest BCUT2D eigenvalue weighted by atomic mass is 16.5. The van der Waals surface area contributed by atoms with E-state index in [1.54, 1.807) is 25.7 Å². The van der Waals surface area contributed by atoms with Crippen LogP contribution in [0, 0.1) is 0 Å². The van der Waals surface area contributed by atoms with E-state index in [0.717, 1.165) is 32.0 Å². The summed E-state index contributed by atoms with van der Waals surface area (Å²) in [5, 5.41) is 2.93. The van der Waals surface area contributed by atoms with Crippen molar-refractivity contribution < 1.29 is 9.53 Å². The van der Waals surface area contributed by atoms with Gasteiger partial charge in [0.25, 0.3) is 0 Å². The minimum absolute atomic E-state index is 0.0448. The lowest BCUT2D eigenvalue weighted by Gasteiger charge is -2.34. The van der Waals surface area contributed by atoms with Crippen LogP contribution in [0.3, 0.4) is 0 Å². The smallest absolute Gasteiger partial charge is 0.234 e. The molecule has 0 radical (unpaired) electrons. The van der Waals surface area contributed by atoms with Crippen LogP contribution in [0.4, 0.5) is 5.82 Å². The zero-order valence-electron chi connectivity index (χ0n) is 12.7. The summed E-state index contributed by atoms with van der Waals surface area (Å²) in [4.78, 5) is 24.6. The van der Waals surface area contributed by atoms with Crippen molar-refractivity contribution in [1.29, 1.82) is 0 Å². The average molecular weight is 293 g/mol. The first-order chi connectivity index (χ1) is 10.2. The van der Waals surface area contributed by atoms with E-state index in [9.17, 15) is 4.79 Å². The monoisotopic (exact) mass is 293 g/mol. The fraction of sp³-hybridized carbons (Fsp3) is 0.643. The molecule has 1 N–H and O–H groups in total. The van der Waals surface area contributed by atoms with E-state index in [4.69, 9.17) is 4.74 Å². The number of piperazine rings is 1. The van der Waals surface area contributed by atoms with E-state index in [1.165, 1.54) is 0 Å². The highest BCUT2D eigenvalue weighted by molar-refractivity contribution is 5.78. The van der Waals surface area contributed by atoms with Gasteiger partial charge in [-0.2, -0.15) is 0 Å². The van der Waals surface area contributed by atoms with Gasteiger partial charge in [-0.1, -0.05) is 0 Å². The molecule has 1 unspecified atom stereocenters. The highest BCUT2D eigenvalue weighted by Crippen LogP contribution is 2.10. The predicted octanol–water partition coefficient (Wildman–Crippen LogP) is -0.250. The molecule has 7 nitrogen and oxygen atoms in total. The number of carbonyl (C=O) groups excluding carboxylic acids is 1.